The van der Waals surface area contributed by atoms with Crippen molar-refractivity contribution in [1.29, 1.82) is 0 Å². The predicted molar refractivity (Wildman–Crippen MR) is 70.4 cm³/mol. The van der Waals surface area contributed by atoms with Crippen LogP contribution in [0.2, 0.25) is 0 Å². The molecule has 0 radical (unpaired) electrons. The molecule has 0 aliphatic carbocycles. The van der Waals surface area contributed by atoms with Crippen LogP contribution in [0.5, 0.6) is 5.75 Å². The molecule has 0 aliphatic rings. The second-order valence-electron chi connectivity index (χ2n) is 3.91. The molecule has 0 bridgehead atoms. The van der Waals surface area contributed by atoms with Crippen LogP contribution in [0.3, 0.4) is 0 Å². The number of ether oxygens (including phenoxy) is 1. The summed E-state index contributed by atoms with van der Waals surface area (Å²) < 4.78 is 5.08. The molecule has 0 spiro atoms. The van der Waals surface area contributed by atoms with Gasteiger partial charge >= 0.3 is 0 Å². The number of nitrogens with two attached hydrogens (primary N) is 1. The molecule has 5 heteroatoms. The second-order valence-corrected chi connectivity index (χ2v) is 4.96. The Balaban J connectivity index is 2.63. The van der Waals surface area contributed by atoms with Crippen molar-refractivity contribution in [3.63, 3.8) is 0 Å². The zero-order valence-corrected chi connectivity index (χ0v) is 11.1. The Morgan fingerprint density at radius 3 is 2.47 bits per heavy atom. The Bertz CT molecular complexity index is 381. The molecule has 1 unspecified atom stereocenters. The molecule has 1 rings (SSSR count). The van der Waals surface area contributed by atoms with Gasteiger partial charge in [0, 0.05) is 10.6 Å². The van der Waals surface area contributed by atoms with Gasteiger partial charge in [-0.05, 0) is 38.2 Å². The molecule has 0 aliphatic heterocycles. The number of amides is 1. The number of primary amides is 1. The molecule has 0 aromatic heterocycles. The lowest BCUT2D eigenvalue weighted by molar-refractivity contribution is -0.122. The van der Waals surface area contributed by atoms with Crippen LogP contribution in [-0.4, -0.2) is 31.4 Å². The van der Waals surface area contributed by atoms with E-state index < -0.39 is 5.54 Å². The van der Waals surface area contributed by atoms with Crippen LogP contribution in [0.15, 0.2) is 29.2 Å². The first-order chi connectivity index (χ1) is 8.01. The number of benzene rings is 1. The van der Waals surface area contributed by atoms with Crippen molar-refractivity contribution in [3.8, 4) is 5.75 Å². The largest absolute Gasteiger partial charge is 0.497 e. The maximum atomic E-state index is 11.3. The van der Waals surface area contributed by atoms with Crippen molar-refractivity contribution >= 4 is 17.7 Å². The quantitative estimate of drug-likeness (QED) is 0.750. The minimum Gasteiger partial charge on any atom is -0.497 e. The van der Waals surface area contributed by atoms with E-state index >= 15 is 0 Å². The Morgan fingerprint density at radius 1 is 1.47 bits per heavy atom. The average molecular weight is 254 g/mol. The van der Waals surface area contributed by atoms with Crippen LogP contribution in [0.4, 0.5) is 0 Å². The average Bonchev–Trinajstić information content (AvgIpc) is 2.36. The first-order valence-corrected chi connectivity index (χ1v) is 6.26. The lowest BCUT2D eigenvalue weighted by Gasteiger charge is -2.24. The number of thioether (sulfide) groups is 1. The number of hydrogen-bond donors (Lipinski definition) is 2. The summed E-state index contributed by atoms with van der Waals surface area (Å²) in [5.41, 5.74) is 4.67. The van der Waals surface area contributed by atoms with Crippen molar-refractivity contribution in [2.75, 3.05) is 19.9 Å². The molecule has 4 nitrogen and oxygen atoms in total. The number of likely N-dealkylation sites (N-methyl/N-ethyl adjacent to an activating group) is 1. The summed E-state index contributed by atoms with van der Waals surface area (Å²) >= 11 is 1.58. The Kier molecular flexibility index (Phi) is 4.84. The summed E-state index contributed by atoms with van der Waals surface area (Å²) in [4.78, 5) is 12.4. The van der Waals surface area contributed by atoms with E-state index in [1.54, 1.807) is 32.8 Å². The molecule has 1 aromatic rings. The standard InChI is InChI=1S/C12H18N2O2S/c1-12(14-2,11(13)15)8-17-10-6-4-9(16-3)5-7-10/h4-7,14H,8H2,1-3H3,(H2,13,15). The molecular formula is C12H18N2O2S. The topological polar surface area (TPSA) is 64.3 Å². The second kappa shape index (κ2) is 5.93. The Hall–Kier alpha value is -1.20. The summed E-state index contributed by atoms with van der Waals surface area (Å²) in [5, 5.41) is 2.95. The van der Waals surface area contributed by atoms with Gasteiger partial charge in [-0.15, -0.1) is 11.8 Å². The highest BCUT2D eigenvalue weighted by atomic mass is 32.2. The summed E-state index contributed by atoms with van der Waals surface area (Å²) in [6.07, 6.45) is 0. The van der Waals surface area contributed by atoms with E-state index in [2.05, 4.69) is 5.32 Å². The van der Waals surface area contributed by atoms with Crippen LogP contribution in [0.1, 0.15) is 6.92 Å². The van der Waals surface area contributed by atoms with Crippen LogP contribution in [0, 0.1) is 0 Å². The first-order valence-electron chi connectivity index (χ1n) is 5.27. The van der Waals surface area contributed by atoms with Gasteiger partial charge in [0.15, 0.2) is 0 Å². The number of carbonyl (C=O) groups is 1. The van der Waals surface area contributed by atoms with Gasteiger partial charge in [-0.25, -0.2) is 0 Å². The van der Waals surface area contributed by atoms with Gasteiger partial charge in [-0.1, -0.05) is 0 Å². The number of hydrogen-bond acceptors (Lipinski definition) is 4. The minimum atomic E-state index is -0.690. The monoisotopic (exact) mass is 254 g/mol. The fraction of sp³-hybridized carbons (Fsp3) is 0.417. The number of nitrogens with one attached hydrogen (secondary N) is 1. The molecule has 1 amide bonds. The molecule has 0 fully saturated rings. The smallest absolute Gasteiger partial charge is 0.238 e. The number of methoxy groups -OCH3 is 1. The fourth-order valence-electron chi connectivity index (χ4n) is 1.17. The summed E-state index contributed by atoms with van der Waals surface area (Å²) in [6.45, 7) is 1.80. The zero-order valence-electron chi connectivity index (χ0n) is 10.3. The first kappa shape index (κ1) is 13.9. The third-order valence-electron chi connectivity index (χ3n) is 2.68. The highest BCUT2D eigenvalue weighted by molar-refractivity contribution is 7.99. The molecule has 3 N–H and O–H groups in total. The van der Waals surface area contributed by atoms with E-state index in [9.17, 15) is 4.79 Å². The van der Waals surface area contributed by atoms with Crippen molar-refractivity contribution in [2.24, 2.45) is 5.73 Å². The van der Waals surface area contributed by atoms with E-state index in [0.29, 0.717) is 5.75 Å². The third-order valence-corrected chi connectivity index (χ3v) is 4.01. The van der Waals surface area contributed by atoms with Gasteiger partial charge < -0.3 is 15.8 Å². The van der Waals surface area contributed by atoms with E-state index in [1.807, 2.05) is 24.3 Å². The van der Waals surface area contributed by atoms with E-state index in [4.69, 9.17) is 10.5 Å². The molecule has 0 saturated carbocycles. The highest BCUT2D eigenvalue weighted by Crippen LogP contribution is 2.24. The van der Waals surface area contributed by atoms with Gasteiger partial charge in [-0.2, -0.15) is 0 Å². The summed E-state index contributed by atoms with van der Waals surface area (Å²) in [7, 11) is 3.37. The van der Waals surface area contributed by atoms with Crippen molar-refractivity contribution in [1.82, 2.24) is 5.32 Å². The molecule has 0 heterocycles. The Morgan fingerprint density at radius 2 is 2.06 bits per heavy atom. The molecule has 0 saturated heterocycles. The molecule has 94 valence electrons. The Labute approximate surface area is 106 Å². The van der Waals surface area contributed by atoms with Crippen molar-refractivity contribution in [2.45, 2.75) is 17.4 Å². The van der Waals surface area contributed by atoms with Crippen molar-refractivity contribution in [3.05, 3.63) is 24.3 Å². The summed E-state index contributed by atoms with van der Waals surface area (Å²) in [5.74, 6) is 1.06. The SMILES string of the molecule is CNC(C)(CSc1ccc(OC)cc1)C(N)=O. The predicted octanol–water partition coefficient (Wildman–Crippen LogP) is 1.25. The van der Waals surface area contributed by atoms with E-state index in [1.165, 1.54) is 0 Å². The minimum absolute atomic E-state index is 0.346. The molecular weight excluding hydrogens is 236 g/mol. The molecule has 1 aromatic carbocycles. The third kappa shape index (κ3) is 3.64. The van der Waals surface area contributed by atoms with Crippen LogP contribution in [-0.2, 0) is 4.79 Å². The maximum absolute atomic E-state index is 11.3. The van der Waals surface area contributed by atoms with Gasteiger partial charge in [-0.3, -0.25) is 4.79 Å². The number of carbonyl (C=O) groups excluding carboxylic acids is 1. The van der Waals surface area contributed by atoms with Crippen molar-refractivity contribution < 1.29 is 9.53 Å². The lowest BCUT2D eigenvalue weighted by atomic mass is 10.1. The van der Waals surface area contributed by atoms with Gasteiger partial charge in [0.1, 0.15) is 11.3 Å². The van der Waals surface area contributed by atoms with Gasteiger partial charge in [0.2, 0.25) is 5.91 Å². The van der Waals surface area contributed by atoms with Gasteiger partial charge in [0.25, 0.3) is 0 Å². The highest BCUT2D eigenvalue weighted by Gasteiger charge is 2.28. The van der Waals surface area contributed by atoms with E-state index in [0.717, 1.165) is 10.6 Å². The van der Waals surface area contributed by atoms with Gasteiger partial charge in [0.05, 0.1) is 7.11 Å². The molecule has 1 atom stereocenters. The normalized spacial score (nSPS) is 14.1. The fourth-order valence-corrected chi connectivity index (χ4v) is 2.24. The molecule has 17 heavy (non-hydrogen) atoms. The van der Waals surface area contributed by atoms with Crippen LogP contribution in [0.25, 0.3) is 0 Å². The maximum Gasteiger partial charge on any atom is 0.238 e. The van der Waals surface area contributed by atoms with Crippen LogP contribution < -0.4 is 15.8 Å². The number of rotatable bonds is 6. The van der Waals surface area contributed by atoms with Crippen LogP contribution >= 0.6 is 11.8 Å². The summed E-state index contributed by atoms with van der Waals surface area (Å²) in [6, 6.07) is 7.70. The lowest BCUT2D eigenvalue weighted by Crippen LogP contribution is -2.53. The zero-order chi connectivity index (χ0) is 12.9. The van der Waals surface area contributed by atoms with E-state index in [-0.39, 0.29) is 5.91 Å².